The number of halogens is 1. The molecule has 5 heteroatoms. The molecule has 1 aromatic carbocycles. The van der Waals surface area contributed by atoms with Crippen molar-refractivity contribution < 1.29 is 14.7 Å². The van der Waals surface area contributed by atoms with Gasteiger partial charge in [0.25, 0.3) is 0 Å². The summed E-state index contributed by atoms with van der Waals surface area (Å²) in [4.78, 5) is 23.5. The van der Waals surface area contributed by atoms with Gasteiger partial charge in [-0.25, -0.2) is 4.79 Å². The smallest absolute Gasteiger partial charge is 0.329 e. The van der Waals surface area contributed by atoms with Crippen LogP contribution in [-0.2, 0) is 9.59 Å². The molecule has 0 radical (unpaired) electrons. The maximum Gasteiger partial charge on any atom is 0.329 e. The van der Waals surface area contributed by atoms with E-state index in [1.165, 1.54) is 6.08 Å². The molecule has 21 heavy (non-hydrogen) atoms. The van der Waals surface area contributed by atoms with Crippen molar-refractivity contribution in [2.45, 2.75) is 37.6 Å². The third-order valence-electron chi connectivity index (χ3n) is 3.75. The highest BCUT2D eigenvalue weighted by molar-refractivity contribution is 6.30. The minimum atomic E-state index is -1.12. The molecule has 0 saturated heterocycles. The Morgan fingerprint density at radius 3 is 2.57 bits per heavy atom. The minimum Gasteiger partial charge on any atom is -0.480 e. The third kappa shape index (κ3) is 4.08. The molecular weight excluding hydrogens is 290 g/mol. The quantitative estimate of drug-likeness (QED) is 0.839. The van der Waals surface area contributed by atoms with Gasteiger partial charge in [-0.15, -0.1) is 0 Å². The van der Waals surface area contributed by atoms with Gasteiger partial charge in [0, 0.05) is 11.1 Å². The first kappa shape index (κ1) is 15.6. The van der Waals surface area contributed by atoms with Crippen molar-refractivity contribution in [3.05, 3.63) is 40.9 Å². The minimum absolute atomic E-state index is 0.390. The van der Waals surface area contributed by atoms with E-state index in [0.29, 0.717) is 17.9 Å². The Hall–Kier alpha value is -1.81. The van der Waals surface area contributed by atoms with E-state index in [9.17, 15) is 14.7 Å². The lowest BCUT2D eigenvalue weighted by Gasteiger charge is -2.33. The number of amides is 1. The van der Waals surface area contributed by atoms with E-state index in [-0.39, 0.29) is 5.91 Å². The Kier molecular flexibility index (Phi) is 5.02. The van der Waals surface area contributed by atoms with Crippen LogP contribution in [0.25, 0.3) is 6.08 Å². The molecule has 1 aliphatic carbocycles. The fourth-order valence-corrected chi connectivity index (χ4v) is 2.81. The van der Waals surface area contributed by atoms with E-state index < -0.39 is 11.5 Å². The lowest BCUT2D eigenvalue weighted by atomic mass is 9.81. The molecule has 1 aliphatic rings. The van der Waals surface area contributed by atoms with Crippen LogP contribution >= 0.6 is 11.6 Å². The zero-order valence-corrected chi connectivity index (χ0v) is 12.4. The van der Waals surface area contributed by atoms with Gasteiger partial charge in [0.15, 0.2) is 0 Å². The summed E-state index contributed by atoms with van der Waals surface area (Å²) < 4.78 is 0. The number of carbonyl (C=O) groups is 2. The second kappa shape index (κ2) is 6.76. The molecule has 0 atom stereocenters. The van der Waals surface area contributed by atoms with Gasteiger partial charge < -0.3 is 10.4 Å². The molecule has 2 rings (SSSR count). The average Bonchev–Trinajstić information content (AvgIpc) is 2.46. The van der Waals surface area contributed by atoms with Crippen molar-refractivity contribution in [2.75, 3.05) is 0 Å². The Morgan fingerprint density at radius 1 is 1.24 bits per heavy atom. The van der Waals surface area contributed by atoms with E-state index >= 15 is 0 Å². The Morgan fingerprint density at radius 2 is 1.95 bits per heavy atom. The maximum atomic E-state index is 12.0. The van der Waals surface area contributed by atoms with Crippen LogP contribution in [0.1, 0.15) is 37.7 Å². The fourth-order valence-electron chi connectivity index (χ4n) is 2.61. The Labute approximate surface area is 128 Å². The number of carboxylic acids is 1. The number of carboxylic acid groups (broad SMARTS) is 1. The second-order valence-electron chi connectivity index (χ2n) is 5.33. The lowest BCUT2D eigenvalue weighted by molar-refractivity contribution is -0.148. The van der Waals surface area contributed by atoms with Crippen molar-refractivity contribution >= 4 is 29.6 Å². The van der Waals surface area contributed by atoms with Crippen molar-refractivity contribution in [3.8, 4) is 0 Å². The van der Waals surface area contributed by atoms with Crippen molar-refractivity contribution in [3.63, 3.8) is 0 Å². The number of aliphatic carboxylic acids is 1. The van der Waals surface area contributed by atoms with Crippen LogP contribution in [0.2, 0.25) is 5.02 Å². The summed E-state index contributed by atoms with van der Waals surface area (Å²) in [5.74, 6) is -1.34. The van der Waals surface area contributed by atoms with Crippen LogP contribution in [0, 0.1) is 0 Å². The number of rotatable bonds is 4. The first-order valence-electron chi connectivity index (χ1n) is 7.01. The Balaban J connectivity index is 2.04. The summed E-state index contributed by atoms with van der Waals surface area (Å²) in [7, 11) is 0. The van der Waals surface area contributed by atoms with Crippen LogP contribution in [0.5, 0.6) is 0 Å². The van der Waals surface area contributed by atoms with Crippen LogP contribution in [-0.4, -0.2) is 22.5 Å². The molecular formula is C16H18ClNO3. The maximum absolute atomic E-state index is 12.0. The van der Waals surface area contributed by atoms with E-state index in [1.807, 2.05) is 6.07 Å². The van der Waals surface area contributed by atoms with Gasteiger partial charge in [-0.1, -0.05) is 43.0 Å². The topological polar surface area (TPSA) is 66.4 Å². The number of hydrogen-bond acceptors (Lipinski definition) is 2. The van der Waals surface area contributed by atoms with Crippen LogP contribution in [0.4, 0.5) is 0 Å². The zero-order chi connectivity index (χ0) is 15.3. The SMILES string of the molecule is O=C(/C=C/c1cccc(Cl)c1)NC1(C(=O)O)CCCCC1. The summed E-state index contributed by atoms with van der Waals surface area (Å²) in [6, 6.07) is 7.10. The number of hydrogen-bond donors (Lipinski definition) is 2. The van der Waals surface area contributed by atoms with Crippen molar-refractivity contribution in [1.82, 2.24) is 5.32 Å². The first-order chi connectivity index (χ1) is 10.0. The second-order valence-corrected chi connectivity index (χ2v) is 5.76. The van der Waals surface area contributed by atoms with Crippen LogP contribution < -0.4 is 5.32 Å². The molecule has 1 amide bonds. The van der Waals surface area contributed by atoms with E-state index in [4.69, 9.17) is 11.6 Å². The molecule has 1 fully saturated rings. The third-order valence-corrected chi connectivity index (χ3v) is 3.99. The predicted octanol–water partition coefficient (Wildman–Crippen LogP) is 3.26. The molecule has 2 N–H and O–H groups in total. The van der Waals surface area contributed by atoms with E-state index in [1.54, 1.807) is 24.3 Å². The van der Waals surface area contributed by atoms with Crippen molar-refractivity contribution in [1.29, 1.82) is 0 Å². The molecule has 0 aromatic heterocycles. The zero-order valence-electron chi connectivity index (χ0n) is 11.6. The normalized spacial score (nSPS) is 17.6. The predicted molar refractivity (Wildman–Crippen MR) is 82.1 cm³/mol. The number of carbonyl (C=O) groups excluding carboxylic acids is 1. The first-order valence-corrected chi connectivity index (χ1v) is 7.39. The molecule has 1 saturated carbocycles. The number of nitrogens with one attached hydrogen (secondary N) is 1. The summed E-state index contributed by atoms with van der Waals surface area (Å²) >= 11 is 5.87. The summed E-state index contributed by atoms with van der Waals surface area (Å²) in [5, 5.41) is 12.7. The molecule has 0 aliphatic heterocycles. The lowest BCUT2D eigenvalue weighted by Crippen LogP contribution is -2.55. The highest BCUT2D eigenvalue weighted by atomic mass is 35.5. The Bertz CT molecular complexity index is 562. The molecule has 0 spiro atoms. The van der Waals surface area contributed by atoms with E-state index in [2.05, 4.69) is 5.32 Å². The average molecular weight is 308 g/mol. The highest BCUT2D eigenvalue weighted by Gasteiger charge is 2.40. The van der Waals surface area contributed by atoms with Gasteiger partial charge in [0.05, 0.1) is 0 Å². The van der Waals surface area contributed by atoms with Gasteiger partial charge in [-0.05, 0) is 36.6 Å². The highest BCUT2D eigenvalue weighted by Crippen LogP contribution is 2.28. The van der Waals surface area contributed by atoms with Crippen LogP contribution in [0.3, 0.4) is 0 Å². The molecule has 0 bridgehead atoms. The standard InChI is InChI=1S/C16H18ClNO3/c17-13-6-4-5-12(11-13)7-8-14(19)18-16(15(20)21)9-2-1-3-10-16/h4-8,11H,1-3,9-10H2,(H,18,19)(H,20,21)/b8-7+. The van der Waals surface area contributed by atoms with Gasteiger partial charge in [-0.3, -0.25) is 4.79 Å². The monoisotopic (exact) mass is 307 g/mol. The summed E-state index contributed by atoms with van der Waals surface area (Å²) in [5.41, 5.74) is -0.320. The van der Waals surface area contributed by atoms with Crippen molar-refractivity contribution in [2.24, 2.45) is 0 Å². The van der Waals surface area contributed by atoms with Gasteiger partial charge in [-0.2, -0.15) is 0 Å². The van der Waals surface area contributed by atoms with Gasteiger partial charge >= 0.3 is 5.97 Å². The van der Waals surface area contributed by atoms with E-state index in [0.717, 1.165) is 24.8 Å². The largest absolute Gasteiger partial charge is 0.480 e. The van der Waals surface area contributed by atoms with Gasteiger partial charge in [0.1, 0.15) is 5.54 Å². The van der Waals surface area contributed by atoms with Crippen LogP contribution in [0.15, 0.2) is 30.3 Å². The van der Waals surface area contributed by atoms with Gasteiger partial charge in [0.2, 0.25) is 5.91 Å². The molecule has 4 nitrogen and oxygen atoms in total. The number of benzene rings is 1. The fraction of sp³-hybridized carbons (Fsp3) is 0.375. The summed E-state index contributed by atoms with van der Waals surface area (Å²) in [6.45, 7) is 0. The molecule has 112 valence electrons. The molecule has 0 heterocycles. The summed E-state index contributed by atoms with van der Waals surface area (Å²) in [6.07, 6.45) is 6.61. The molecule has 0 unspecified atom stereocenters. The molecule has 1 aromatic rings.